The second kappa shape index (κ2) is 7.15. The van der Waals surface area contributed by atoms with Crippen molar-refractivity contribution in [3.05, 3.63) is 59.1 Å². The van der Waals surface area contributed by atoms with E-state index in [0.29, 0.717) is 5.75 Å². The van der Waals surface area contributed by atoms with Crippen molar-refractivity contribution >= 4 is 39.8 Å². The summed E-state index contributed by atoms with van der Waals surface area (Å²) < 4.78 is 0.941. The summed E-state index contributed by atoms with van der Waals surface area (Å²) in [6.45, 7) is 3.97. The molecular formula is C18H18N2OS2. The van der Waals surface area contributed by atoms with Gasteiger partial charge in [-0.15, -0.1) is 11.3 Å². The molecule has 0 aliphatic heterocycles. The van der Waals surface area contributed by atoms with Crippen LogP contribution in [0.25, 0.3) is 10.8 Å². The van der Waals surface area contributed by atoms with Gasteiger partial charge in [0.15, 0.2) is 4.34 Å². The molecule has 1 unspecified atom stereocenters. The summed E-state index contributed by atoms with van der Waals surface area (Å²) in [5.41, 5.74) is 2.12. The number of nitrogens with zero attached hydrogens (tertiary/aromatic N) is 1. The Hall–Kier alpha value is -1.85. The Kier molecular flexibility index (Phi) is 4.98. The normalized spacial score (nSPS) is 12.3. The zero-order valence-electron chi connectivity index (χ0n) is 13.1. The van der Waals surface area contributed by atoms with E-state index in [9.17, 15) is 4.79 Å². The van der Waals surface area contributed by atoms with E-state index in [1.54, 1.807) is 11.3 Å². The number of nitrogens with one attached hydrogen (secondary N) is 1. The van der Waals surface area contributed by atoms with Gasteiger partial charge in [0.25, 0.3) is 0 Å². The van der Waals surface area contributed by atoms with Crippen LogP contribution >= 0.6 is 23.1 Å². The maximum atomic E-state index is 12.1. The fraction of sp³-hybridized carbons (Fsp3) is 0.222. The average molecular weight is 342 g/mol. The molecule has 1 amide bonds. The van der Waals surface area contributed by atoms with Gasteiger partial charge in [0, 0.05) is 11.1 Å². The van der Waals surface area contributed by atoms with Gasteiger partial charge in [-0.1, -0.05) is 48.2 Å². The highest BCUT2D eigenvalue weighted by molar-refractivity contribution is 8.01. The third kappa shape index (κ3) is 4.12. The van der Waals surface area contributed by atoms with E-state index < -0.39 is 0 Å². The number of aryl methyl sites for hydroxylation is 1. The first kappa shape index (κ1) is 16.0. The third-order valence-corrected chi connectivity index (χ3v) is 5.71. The molecule has 0 saturated carbocycles. The Bertz CT molecular complexity index is 829. The molecule has 5 heteroatoms. The highest BCUT2D eigenvalue weighted by Gasteiger charge is 2.11. The molecule has 0 aliphatic carbocycles. The van der Waals surface area contributed by atoms with E-state index in [4.69, 9.17) is 0 Å². The maximum Gasteiger partial charge on any atom is 0.230 e. The smallest absolute Gasteiger partial charge is 0.230 e. The molecule has 3 nitrogen and oxygen atoms in total. The van der Waals surface area contributed by atoms with Gasteiger partial charge in [-0.05, 0) is 36.2 Å². The Morgan fingerprint density at radius 3 is 2.78 bits per heavy atom. The van der Waals surface area contributed by atoms with Crippen LogP contribution in [0.4, 0.5) is 0 Å². The highest BCUT2D eigenvalue weighted by atomic mass is 32.2. The maximum absolute atomic E-state index is 12.1. The molecule has 0 spiro atoms. The van der Waals surface area contributed by atoms with Crippen molar-refractivity contribution in [1.82, 2.24) is 10.3 Å². The van der Waals surface area contributed by atoms with E-state index in [0.717, 1.165) is 15.6 Å². The molecule has 23 heavy (non-hydrogen) atoms. The van der Waals surface area contributed by atoms with E-state index in [1.165, 1.54) is 22.5 Å². The van der Waals surface area contributed by atoms with E-state index in [2.05, 4.69) is 40.6 Å². The van der Waals surface area contributed by atoms with E-state index >= 15 is 0 Å². The van der Waals surface area contributed by atoms with Gasteiger partial charge in [0.05, 0.1) is 11.8 Å². The first-order chi connectivity index (χ1) is 11.1. The van der Waals surface area contributed by atoms with Gasteiger partial charge in [-0.2, -0.15) is 0 Å². The molecule has 3 aromatic rings. The molecule has 0 saturated heterocycles. The minimum Gasteiger partial charge on any atom is -0.349 e. The second-order valence-electron chi connectivity index (χ2n) is 5.44. The monoisotopic (exact) mass is 342 g/mol. The number of carbonyl (C=O) groups excluding carboxylic acids is 1. The zero-order valence-corrected chi connectivity index (χ0v) is 14.7. The summed E-state index contributed by atoms with van der Waals surface area (Å²) in [4.78, 5) is 16.5. The van der Waals surface area contributed by atoms with Crippen molar-refractivity contribution in [3.63, 3.8) is 0 Å². The number of aromatic nitrogens is 1. The standard InChI is InChI=1S/C18H18N2OS2/c1-12-10-22-18(19-12)23-11-17(21)20-13(2)15-8-7-14-5-3-4-6-16(14)9-15/h3-10,13H,11H2,1-2H3,(H,20,21). The third-order valence-electron chi connectivity index (χ3n) is 3.58. The number of fused-ring (bicyclic) bond motifs is 1. The minimum absolute atomic E-state index is 0.00858. The van der Waals surface area contributed by atoms with Gasteiger partial charge in [0.2, 0.25) is 5.91 Å². The topological polar surface area (TPSA) is 42.0 Å². The van der Waals surface area contributed by atoms with Crippen LogP contribution in [0.1, 0.15) is 24.2 Å². The molecule has 0 fully saturated rings. The van der Waals surface area contributed by atoms with Crippen molar-refractivity contribution in [2.75, 3.05) is 5.75 Å². The number of thioether (sulfide) groups is 1. The molecule has 1 aromatic heterocycles. The Morgan fingerprint density at radius 1 is 1.26 bits per heavy atom. The Morgan fingerprint density at radius 2 is 2.04 bits per heavy atom. The van der Waals surface area contributed by atoms with Crippen LogP contribution in [0, 0.1) is 6.92 Å². The lowest BCUT2D eigenvalue weighted by Crippen LogP contribution is -2.28. The van der Waals surface area contributed by atoms with Crippen LogP contribution in [0.3, 0.4) is 0 Å². The van der Waals surface area contributed by atoms with Crippen LogP contribution in [0.15, 0.2) is 52.2 Å². The summed E-state index contributed by atoms with van der Waals surface area (Å²) in [7, 11) is 0. The number of thiazole rings is 1. The van der Waals surface area contributed by atoms with Crippen molar-refractivity contribution in [2.24, 2.45) is 0 Å². The fourth-order valence-corrected chi connectivity index (χ4v) is 4.03. The molecule has 1 heterocycles. The van der Waals surface area contributed by atoms with E-state index in [1.807, 2.05) is 31.4 Å². The molecule has 0 aliphatic rings. The van der Waals surface area contributed by atoms with Crippen molar-refractivity contribution < 1.29 is 4.79 Å². The number of hydrogen-bond acceptors (Lipinski definition) is 4. The highest BCUT2D eigenvalue weighted by Crippen LogP contribution is 2.23. The first-order valence-electron chi connectivity index (χ1n) is 7.45. The predicted molar refractivity (Wildman–Crippen MR) is 98.1 cm³/mol. The van der Waals surface area contributed by atoms with E-state index in [-0.39, 0.29) is 11.9 Å². The minimum atomic E-state index is -0.00858. The van der Waals surface area contributed by atoms with Gasteiger partial charge < -0.3 is 5.32 Å². The summed E-state index contributed by atoms with van der Waals surface area (Å²) in [5, 5.41) is 7.46. The molecule has 0 radical (unpaired) electrons. The van der Waals surface area contributed by atoms with Gasteiger partial charge in [-0.25, -0.2) is 4.98 Å². The fourth-order valence-electron chi connectivity index (χ4n) is 2.37. The van der Waals surface area contributed by atoms with Gasteiger partial charge in [0.1, 0.15) is 0 Å². The quantitative estimate of drug-likeness (QED) is 0.690. The van der Waals surface area contributed by atoms with Crippen LogP contribution in [-0.4, -0.2) is 16.6 Å². The molecule has 118 valence electrons. The van der Waals surface area contributed by atoms with Crippen molar-refractivity contribution in [3.8, 4) is 0 Å². The van der Waals surface area contributed by atoms with Crippen LogP contribution in [0.5, 0.6) is 0 Å². The van der Waals surface area contributed by atoms with Crippen LogP contribution < -0.4 is 5.32 Å². The van der Waals surface area contributed by atoms with Crippen LogP contribution in [-0.2, 0) is 4.79 Å². The van der Waals surface area contributed by atoms with Crippen LogP contribution in [0.2, 0.25) is 0 Å². The number of carbonyl (C=O) groups is 1. The SMILES string of the molecule is Cc1csc(SCC(=O)NC(C)c2ccc3ccccc3c2)n1. The van der Waals surface area contributed by atoms with Gasteiger partial charge in [-0.3, -0.25) is 4.79 Å². The summed E-state index contributed by atoms with van der Waals surface area (Å²) in [5.74, 6) is 0.425. The number of hydrogen-bond donors (Lipinski definition) is 1. The molecule has 1 atom stereocenters. The lowest BCUT2D eigenvalue weighted by Gasteiger charge is -2.14. The lowest BCUT2D eigenvalue weighted by molar-refractivity contribution is -0.119. The molecule has 1 N–H and O–H groups in total. The summed E-state index contributed by atoms with van der Waals surface area (Å²) >= 11 is 3.06. The first-order valence-corrected chi connectivity index (χ1v) is 9.31. The van der Waals surface area contributed by atoms with Gasteiger partial charge >= 0.3 is 0 Å². The zero-order chi connectivity index (χ0) is 16.2. The lowest BCUT2D eigenvalue weighted by atomic mass is 10.0. The predicted octanol–water partition coefficient (Wildman–Crippen LogP) is 4.57. The number of benzene rings is 2. The molecule has 0 bridgehead atoms. The van der Waals surface area contributed by atoms with Crippen molar-refractivity contribution in [2.45, 2.75) is 24.2 Å². The largest absolute Gasteiger partial charge is 0.349 e. The second-order valence-corrected chi connectivity index (χ2v) is 7.52. The summed E-state index contributed by atoms with van der Waals surface area (Å²) in [6, 6.07) is 14.5. The molecular weight excluding hydrogens is 324 g/mol. The number of amides is 1. The summed E-state index contributed by atoms with van der Waals surface area (Å²) in [6.07, 6.45) is 0. The van der Waals surface area contributed by atoms with Crippen molar-refractivity contribution in [1.29, 1.82) is 0 Å². The molecule has 2 aromatic carbocycles. The Balaban J connectivity index is 1.60. The number of rotatable bonds is 5. The molecule has 3 rings (SSSR count). The Labute approximate surface area is 144 Å². The average Bonchev–Trinajstić information content (AvgIpc) is 2.98.